The summed E-state index contributed by atoms with van der Waals surface area (Å²) in [5, 5.41) is 10.3. The van der Waals surface area contributed by atoms with Gasteiger partial charge in [0.25, 0.3) is 0 Å². The number of ether oxygens (including phenoxy) is 1. The molecule has 2 heterocycles. The van der Waals surface area contributed by atoms with E-state index in [1.54, 1.807) is 20.0 Å². The molecule has 2 N–H and O–H groups in total. The summed E-state index contributed by atoms with van der Waals surface area (Å²) in [5.41, 5.74) is 1.08. The van der Waals surface area contributed by atoms with Gasteiger partial charge in [-0.1, -0.05) is 5.21 Å². The van der Waals surface area contributed by atoms with Crippen LogP contribution in [0.15, 0.2) is 18.3 Å². The smallest absolute Gasteiger partial charge is 0.412 e. The lowest BCUT2D eigenvalue weighted by Crippen LogP contribution is -2.16. The monoisotopic (exact) mass is 340 g/mol. The summed E-state index contributed by atoms with van der Waals surface area (Å²) >= 11 is 0. The molecule has 2 aromatic heterocycles. The molecule has 124 valence electrons. The molecule has 1 amide bonds. The summed E-state index contributed by atoms with van der Waals surface area (Å²) < 4.78 is 30.8. The van der Waals surface area contributed by atoms with Crippen LogP contribution < -0.4 is 10.0 Å². The van der Waals surface area contributed by atoms with Gasteiger partial charge in [0.15, 0.2) is 11.5 Å². The van der Waals surface area contributed by atoms with Gasteiger partial charge in [0.2, 0.25) is 10.0 Å². The predicted octanol–water partition coefficient (Wildman–Crippen LogP) is 0.817. The lowest BCUT2D eigenvalue weighted by molar-refractivity contribution is 0.167. The number of rotatable bonds is 5. The molecule has 0 saturated heterocycles. The Morgan fingerprint density at radius 3 is 2.70 bits per heavy atom. The molecule has 2 aromatic rings. The number of aromatic nitrogens is 4. The molecule has 0 aliphatic rings. The number of anilines is 2. The Hall–Kier alpha value is -2.69. The van der Waals surface area contributed by atoms with Crippen LogP contribution in [0, 0.1) is 0 Å². The van der Waals surface area contributed by atoms with Crippen molar-refractivity contribution >= 4 is 27.6 Å². The summed E-state index contributed by atoms with van der Waals surface area (Å²) in [6, 6.07) is 3.10. The van der Waals surface area contributed by atoms with Gasteiger partial charge >= 0.3 is 6.09 Å². The normalized spacial score (nSPS) is 11.1. The molecular weight excluding hydrogens is 324 g/mol. The molecule has 2 rings (SSSR count). The predicted molar refractivity (Wildman–Crippen MR) is 83.3 cm³/mol. The summed E-state index contributed by atoms with van der Waals surface area (Å²) in [5.74, 6) is 0.319. The fourth-order valence-corrected chi connectivity index (χ4v) is 2.29. The minimum Gasteiger partial charge on any atom is -0.450 e. The number of amides is 1. The number of carbonyl (C=O) groups is 1. The van der Waals surface area contributed by atoms with Crippen LogP contribution in [0.25, 0.3) is 11.4 Å². The maximum absolute atomic E-state index is 11.6. The highest BCUT2D eigenvalue weighted by molar-refractivity contribution is 7.92. The highest BCUT2D eigenvalue weighted by atomic mass is 32.2. The number of nitrogens with one attached hydrogen (secondary N) is 2. The van der Waals surface area contributed by atoms with Crippen molar-refractivity contribution < 1.29 is 17.9 Å². The van der Waals surface area contributed by atoms with Gasteiger partial charge in [-0.3, -0.25) is 15.0 Å². The van der Waals surface area contributed by atoms with Crippen molar-refractivity contribution in [2.45, 2.75) is 6.92 Å². The van der Waals surface area contributed by atoms with E-state index in [1.807, 2.05) is 0 Å². The molecule has 0 aromatic carbocycles. The quantitative estimate of drug-likeness (QED) is 0.824. The first-order valence-corrected chi connectivity index (χ1v) is 8.47. The molecule has 0 spiro atoms. The number of nitrogens with zero attached hydrogens (tertiary/aromatic N) is 4. The zero-order valence-electron chi connectivity index (χ0n) is 12.8. The largest absolute Gasteiger partial charge is 0.450 e. The van der Waals surface area contributed by atoms with E-state index in [2.05, 4.69) is 25.3 Å². The Balaban J connectivity index is 2.27. The Labute approximate surface area is 132 Å². The lowest BCUT2D eigenvalue weighted by Gasteiger charge is -2.07. The second-order valence-corrected chi connectivity index (χ2v) is 6.31. The van der Waals surface area contributed by atoms with Crippen LogP contribution in [0.2, 0.25) is 0 Å². The number of pyridine rings is 1. The Morgan fingerprint density at radius 1 is 1.39 bits per heavy atom. The number of hydrogen-bond acceptors (Lipinski definition) is 7. The molecule has 0 atom stereocenters. The van der Waals surface area contributed by atoms with E-state index in [9.17, 15) is 13.2 Å². The second kappa shape index (κ2) is 6.60. The van der Waals surface area contributed by atoms with Crippen LogP contribution in [0.1, 0.15) is 6.92 Å². The van der Waals surface area contributed by atoms with Gasteiger partial charge in [-0.15, -0.1) is 5.10 Å². The molecule has 0 fully saturated rings. The number of hydrogen-bond donors (Lipinski definition) is 2. The van der Waals surface area contributed by atoms with Gasteiger partial charge in [-0.25, -0.2) is 17.9 Å². The number of carbonyl (C=O) groups excluding carboxylic acids is 1. The van der Waals surface area contributed by atoms with E-state index in [0.717, 1.165) is 6.26 Å². The van der Waals surface area contributed by atoms with E-state index in [0.29, 0.717) is 22.9 Å². The minimum absolute atomic E-state index is 0.233. The van der Waals surface area contributed by atoms with E-state index < -0.39 is 16.1 Å². The molecule has 0 saturated carbocycles. The maximum atomic E-state index is 11.6. The highest BCUT2D eigenvalue weighted by Crippen LogP contribution is 2.24. The van der Waals surface area contributed by atoms with Gasteiger partial charge < -0.3 is 4.74 Å². The van der Waals surface area contributed by atoms with Crippen LogP contribution in [0.5, 0.6) is 0 Å². The number of sulfonamides is 1. The average Bonchev–Trinajstić information content (AvgIpc) is 2.80. The minimum atomic E-state index is -3.38. The molecule has 0 aliphatic heterocycles. The van der Waals surface area contributed by atoms with Crippen LogP contribution in [0.3, 0.4) is 0 Å². The summed E-state index contributed by atoms with van der Waals surface area (Å²) in [7, 11) is -1.77. The highest BCUT2D eigenvalue weighted by Gasteiger charge is 2.17. The topological polar surface area (TPSA) is 128 Å². The van der Waals surface area contributed by atoms with Crippen molar-refractivity contribution in [2.75, 3.05) is 22.9 Å². The third-order valence-electron chi connectivity index (χ3n) is 2.63. The fraction of sp³-hybridized carbons (Fsp3) is 0.333. The van der Waals surface area contributed by atoms with E-state index in [1.165, 1.54) is 16.9 Å². The summed E-state index contributed by atoms with van der Waals surface area (Å²) in [4.78, 5) is 15.7. The first-order valence-electron chi connectivity index (χ1n) is 6.58. The lowest BCUT2D eigenvalue weighted by atomic mass is 10.2. The van der Waals surface area contributed by atoms with Crippen LogP contribution in [0.4, 0.5) is 16.3 Å². The van der Waals surface area contributed by atoms with Crippen molar-refractivity contribution in [1.29, 1.82) is 0 Å². The zero-order chi connectivity index (χ0) is 17.0. The van der Waals surface area contributed by atoms with Gasteiger partial charge in [0.05, 0.1) is 30.4 Å². The van der Waals surface area contributed by atoms with Crippen molar-refractivity contribution in [1.82, 2.24) is 20.0 Å². The van der Waals surface area contributed by atoms with Crippen molar-refractivity contribution in [3.8, 4) is 11.4 Å². The van der Waals surface area contributed by atoms with Gasteiger partial charge in [-0.2, -0.15) is 0 Å². The van der Waals surface area contributed by atoms with Crippen LogP contribution in [-0.2, 0) is 21.8 Å². The van der Waals surface area contributed by atoms with E-state index in [4.69, 9.17) is 4.74 Å². The van der Waals surface area contributed by atoms with Crippen LogP contribution in [-0.4, -0.2) is 47.4 Å². The van der Waals surface area contributed by atoms with Gasteiger partial charge in [0.1, 0.15) is 0 Å². The molecule has 0 aliphatic carbocycles. The first-order chi connectivity index (χ1) is 10.8. The fourth-order valence-electron chi connectivity index (χ4n) is 1.74. The molecule has 10 nitrogen and oxygen atoms in total. The molecule has 0 radical (unpaired) electrons. The average molecular weight is 340 g/mol. The standard InChI is InChI=1S/C12H16N6O4S/c1-4-22-12(19)14-11-10(15-17-18(11)2)9-6-5-8(7-13-9)16-23(3,20)21/h5-7,16H,4H2,1-3H3,(H,14,19). The van der Waals surface area contributed by atoms with Crippen molar-refractivity contribution in [3.63, 3.8) is 0 Å². The first kappa shape index (κ1) is 16.7. The molecule has 23 heavy (non-hydrogen) atoms. The Morgan fingerprint density at radius 2 is 2.13 bits per heavy atom. The van der Waals surface area contributed by atoms with Gasteiger partial charge in [-0.05, 0) is 19.1 Å². The zero-order valence-corrected chi connectivity index (χ0v) is 13.6. The summed E-state index contributed by atoms with van der Waals surface area (Å²) in [6.45, 7) is 1.92. The van der Waals surface area contributed by atoms with E-state index >= 15 is 0 Å². The Kier molecular flexibility index (Phi) is 4.79. The van der Waals surface area contributed by atoms with Crippen molar-refractivity contribution in [2.24, 2.45) is 7.05 Å². The van der Waals surface area contributed by atoms with E-state index in [-0.39, 0.29) is 6.61 Å². The molecule has 0 unspecified atom stereocenters. The Bertz CT molecular complexity index is 799. The molecule has 11 heteroatoms. The SMILES string of the molecule is CCOC(=O)Nc1c(-c2ccc(NS(C)(=O)=O)cn2)nnn1C. The second-order valence-electron chi connectivity index (χ2n) is 4.56. The van der Waals surface area contributed by atoms with Gasteiger partial charge in [0, 0.05) is 7.05 Å². The molecular formula is C12H16N6O4S. The van der Waals surface area contributed by atoms with Crippen LogP contribution >= 0.6 is 0 Å². The third-order valence-corrected chi connectivity index (χ3v) is 3.24. The third kappa shape index (κ3) is 4.39. The number of aryl methyl sites for hydroxylation is 1. The van der Waals surface area contributed by atoms with Crippen molar-refractivity contribution in [3.05, 3.63) is 18.3 Å². The summed E-state index contributed by atoms with van der Waals surface area (Å²) in [6.07, 6.45) is 1.76. The maximum Gasteiger partial charge on any atom is 0.412 e. The molecule has 0 bridgehead atoms.